The highest BCUT2D eigenvalue weighted by molar-refractivity contribution is 6.70. The van der Waals surface area contributed by atoms with E-state index in [1.54, 1.807) is 30.3 Å². The number of esters is 1. The normalized spacial score (nSPS) is 11.1. The summed E-state index contributed by atoms with van der Waals surface area (Å²) in [6.45, 7) is 7.69. The number of aliphatic imine (C=N–C) groups is 1. The van der Waals surface area contributed by atoms with Crippen LogP contribution in [-0.2, 0) is 9.53 Å². The maximum Gasteiger partial charge on any atom is 0.337 e. The quantitative estimate of drug-likeness (QED) is 0.151. The van der Waals surface area contributed by atoms with Crippen molar-refractivity contribution in [3.05, 3.63) is 82.4 Å². The predicted octanol–water partition coefficient (Wildman–Crippen LogP) is 5.88. The van der Waals surface area contributed by atoms with Crippen molar-refractivity contribution in [3.63, 3.8) is 0 Å². The molecule has 198 valence electrons. The molecule has 3 rings (SSSR count). The molecule has 0 aliphatic rings. The van der Waals surface area contributed by atoms with Crippen molar-refractivity contribution in [2.45, 2.75) is 20.8 Å². The summed E-state index contributed by atoms with van der Waals surface area (Å²) in [5.74, 6) is -1.39. The highest BCUT2D eigenvalue weighted by Gasteiger charge is 2.24. The van der Waals surface area contributed by atoms with Crippen molar-refractivity contribution in [3.8, 4) is 5.75 Å². The summed E-state index contributed by atoms with van der Waals surface area (Å²) in [6, 6.07) is 16.3. The fourth-order valence-corrected chi connectivity index (χ4v) is 3.97. The van der Waals surface area contributed by atoms with E-state index in [4.69, 9.17) is 21.1 Å². The second-order valence-corrected chi connectivity index (χ2v) is 8.71. The third kappa shape index (κ3) is 6.58. The topological polar surface area (TPSA) is 97.3 Å². The van der Waals surface area contributed by atoms with E-state index in [-0.39, 0.29) is 27.5 Å². The van der Waals surface area contributed by atoms with Gasteiger partial charge in [-0.05, 0) is 87.0 Å². The highest BCUT2D eigenvalue weighted by Crippen LogP contribution is 2.27. The van der Waals surface area contributed by atoms with Crippen LogP contribution in [0.1, 0.15) is 40.1 Å². The predicted molar refractivity (Wildman–Crippen MR) is 151 cm³/mol. The van der Waals surface area contributed by atoms with E-state index in [2.05, 4.69) is 29.1 Å². The van der Waals surface area contributed by atoms with Crippen LogP contribution in [0.2, 0.25) is 5.02 Å². The summed E-state index contributed by atoms with van der Waals surface area (Å²) in [4.78, 5) is 45.6. The summed E-state index contributed by atoms with van der Waals surface area (Å²) in [7, 11) is 2.77. The second-order valence-electron chi connectivity index (χ2n) is 8.30. The molecule has 0 fully saturated rings. The van der Waals surface area contributed by atoms with E-state index in [0.29, 0.717) is 11.4 Å². The molecule has 1 amide bonds. The van der Waals surface area contributed by atoms with Gasteiger partial charge < -0.3 is 19.7 Å². The molecule has 8 nitrogen and oxygen atoms in total. The zero-order valence-electron chi connectivity index (χ0n) is 22.0. The molecule has 0 bridgehead atoms. The number of amides is 1. The fraction of sp³-hybridized carbons (Fsp3) is 0.241. The molecule has 0 heterocycles. The first-order valence-electron chi connectivity index (χ1n) is 12.0. The Kier molecular flexibility index (Phi) is 9.62. The van der Waals surface area contributed by atoms with E-state index < -0.39 is 17.7 Å². The standard InChI is InChI=1S/C29H30ClN3O5/c1-6-33(7-2)21-11-15-24(18(3)16-21)31-26(27(34)19-8-12-22(37-4)13-9-19)28(35)32-25-17-20(29(36)38-5)10-14-23(25)30/h8-17H,6-7H2,1-5H3,(H,32,35). The van der Waals surface area contributed by atoms with Crippen molar-refractivity contribution in [1.29, 1.82) is 0 Å². The van der Waals surface area contributed by atoms with Gasteiger partial charge >= 0.3 is 5.97 Å². The summed E-state index contributed by atoms with van der Waals surface area (Å²) in [5, 5.41) is 2.81. The molecule has 1 N–H and O–H groups in total. The van der Waals surface area contributed by atoms with E-state index in [9.17, 15) is 14.4 Å². The summed E-state index contributed by atoms with van der Waals surface area (Å²) in [5.41, 5.74) is 2.54. The number of ether oxygens (including phenoxy) is 2. The summed E-state index contributed by atoms with van der Waals surface area (Å²) < 4.78 is 9.92. The Labute approximate surface area is 227 Å². The van der Waals surface area contributed by atoms with Crippen molar-refractivity contribution in [1.82, 2.24) is 0 Å². The Morgan fingerprint density at radius 2 is 1.58 bits per heavy atom. The zero-order valence-corrected chi connectivity index (χ0v) is 22.8. The summed E-state index contributed by atoms with van der Waals surface area (Å²) >= 11 is 6.27. The first kappa shape index (κ1) is 28.4. The lowest BCUT2D eigenvalue weighted by Crippen LogP contribution is -2.30. The number of hydrogen-bond donors (Lipinski definition) is 1. The second kappa shape index (κ2) is 12.9. The lowest BCUT2D eigenvalue weighted by Gasteiger charge is -2.21. The van der Waals surface area contributed by atoms with E-state index >= 15 is 0 Å². The number of Topliss-reactive ketones (excluding diaryl/α,β-unsaturated/α-hetero) is 1. The third-order valence-corrected chi connectivity index (χ3v) is 6.29. The van der Waals surface area contributed by atoms with Crippen LogP contribution in [-0.4, -0.2) is 50.7 Å². The number of ketones is 1. The average Bonchev–Trinajstić information content (AvgIpc) is 2.93. The molecule has 0 atom stereocenters. The SMILES string of the molecule is CCN(CC)c1ccc(N=C(C(=O)Nc2cc(C(=O)OC)ccc2Cl)C(=O)c2ccc(OC)cc2)c(C)c1. The van der Waals surface area contributed by atoms with Gasteiger partial charge in [-0.25, -0.2) is 9.79 Å². The number of carbonyl (C=O) groups excluding carboxylic acids is 3. The molecule has 0 radical (unpaired) electrons. The van der Waals surface area contributed by atoms with Gasteiger partial charge in [0.15, 0.2) is 5.71 Å². The number of methoxy groups -OCH3 is 2. The molecule has 0 aromatic heterocycles. The van der Waals surface area contributed by atoms with Gasteiger partial charge in [0.25, 0.3) is 5.91 Å². The molecule has 0 spiro atoms. The van der Waals surface area contributed by atoms with Gasteiger partial charge in [0.1, 0.15) is 5.75 Å². The third-order valence-electron chi connectivity index (χ3n) is 5.96. The minimum absolute atomic E-state index is 0.142. The van der Waals surface area contributed by atoms with E-state index in [1.165, 1.54) is 32.4 Å². The number of halogens is 1. The molecule has 9 heteroatoms. The maximum absolute atomic E-state index is 13.5. The number of carbonyl (C=O) groups is 3. The van der Waals surface area contributed by atoms with Gasteiger partial charge in [0.05, 0.1) is 36.2 Å². The smallest absolute Gasteiger partial charge is 0.337 e. The van der Waals surface area contributed by atoms with Crippen LogP contribution < -0.4 is 15.0 Å². The van der Waals surface area contributed by atoms with E-state index in [0.717, 1.165) is 24.3 Å². The number of aryl methyl sites for hydroxylation is 1. The van der Waals surface area contributed by atoms with E-state index in [1.807, 2.05) is 19.1 Å². The average molecular weight is 536 g/mol. The van der Waals surface area contributed by atoms with Crippen molar-refractivity contribution in [2.24, 2.45) is 4.99 Å². The molecule has 3 aromatic carbocycles. The van der Waals surface area contributed by atoms with Gasteiger partial charge in [-0.3, -0.25) is 9.59 Å². The van der Waals surface area contributed by atoms with Crippen LogP contribution in [0.15, 0.2) is 65.7 Å². The van der Waals surface area contributed by atoms with Gasteiger partial charge in [-0.2, -0.15) is 0 Å². The number of anilines is 2. The van der Waals surface area contributed by atoms with Crippen LogP contribution in [0, 0.1) is 6.92 Å². The molecule has 0 unspecified atom stereocenters. The van der Waals surface area contributed by atoms with Crippen LogP contribution in [0.25, 0.3) is 0 Å². The van der Waals surface area contributed by atoms with Crippen molar-refractivity contribution < 1.29 is 23.9 Å². The maximum atomic E-state index is 13.5. The zero-order chi connectivity index (χ0) is 27.8. The minimum Gasteiger partial charge on any atom is -0.497 e. The molecule has 0 aliphatic heterocycles. The first-order chi connectivity index (χ1) is 18.2. The monoisotopic (exact) mass is 535 g/mol. The Hall–Kier alpha value is -4.17. The Balaban J connectivity index is 2.06. The van der Waals surface area contributed by atoms with Gasteiger partial charge in [0, 0.05) is 24.3 Å². The number of nitrogens with zero attached hydrogens (tertiary/aromatic N) is 2. The molecule has 0 saturated carbocycles. The van der Waals surface area contributed by atoms with Gasteiger partial charge in [-0.1, -0.05) is 11.6 Å². The van der Waals surface area contributed by atoms with Crippen LogP contribution in [0.3, 0.4) is 0 Å². The first-order valence-corrected chi connectivity index (χ1v) is 12.4. The molecule has 38 heavy (non-hydrogen) atoms. The summed E-state index contributed by atoms with van der Waals surface area (Å²) in [6.07, 6.45) is 0. The lowest BCUT2D eigenvalue weighted by molar-refractivity contribution is -0.110. The molecular weight excluding hydrogens is 506 g/mol. The number of benzene rings is 3. The van der Waals surface area contributed by atoms with Crippen LogP contribution in [0.4, 0.5) is 17.1 Å². The fourth-order valence-electron chi connectivity index (χ4n) is 3.80. The Morgan fingerprint density at radius 3 is 2.16 bits per heavy atom. The minimum atomic E-state index is -0.776. The van der Waals surface area contributed by atoms with Crippen LogP contribution >= 0.6 is 11.6 Å². The van der Waals surface area contributed by atoms with Crippen LogP contribution in [0.5, 0.6) is 5.75 Å². The van der Waals surface area contributed by atoms with Gasteiger partial charge in [0.2, 0.25) is 5.78 Å². The molecule has 0 saturated heterocycles. The number of nitrogens with one attached hydrogen (secondary N) is 1. The Bertz CT molecular complexity index is 1370. The largest absolute Gasteiger partial charge is 0.497 e. The highest BCUT2D eigenvalue weighted by atomic mass is 35.5. The number of rotatable bonds is 10. The van der Waals surface area contributed by atoms with Crippen molar-refractivity contribution in [2.75, 3.05) is 37.5 Å². The van der Waals surface area contributed by atoms with Gasteiger partial charge in [-0.15, -0.1) is 0 Å². The Morgan fingerprint density at radius 1 is 0.921 bits per heavy atom. The molecule has 3 aromatic rings. The number of hydrogen-bond acceptors (Lipinski definition) is 7. The molecular formula is C29H30ClN3O5. The lowest BCUT2D eigenvalue weighted by atomic mass is 10.0. The molecule has 0 aliphatic carbocycles. The van der Waals surface area contributed by atoms with Crippen molar-refractivity contribution >= 4 is 52.0 Å².